The summed E-state index contributed by atoms with van der Waals surface area (Å²) >= 11 is 0. The molecule has 0 aromatic heterocycles. The van der Waals surface area contributed by atoms with Crippen LogP contribution < -0.4 is 5.32 Å². The number of aliphatic hydroxyl groups is 1. The van der Waals surface area contributed by atoms with Gasteiger partial charge >= 0.3 is 0 Å². The van der Waals surface area contributed by atoms with Gasteiger partial charge in [0.05, 0.1) is 0 Å². The van der Waals surface area contributed by atoms with Crippen molar-refractivity contribution in [1.29, 1.82) is 0 Å². The van der Waals surface area contributed by atoms with E-state index in [2.05, 4.69) is 17.1 Å². The minimum absolute atomic E-state index is 0.322. The van der Waals surface area contributed by atoms with Gasteiger partial charge in [-0.25, -0.2) is 0 Å². The zero-order valence-electron chi connectivity index (χ0n) is 9.78. The molecule has 2 fully saturated rings. The Labute approximate surface area is 92.8 Å². The first-order chi connectivity index (χ1) is 7.31. The molecule has 2 aliphatic heterocycles. The van der Waals surface area contributed by atoms with Crippen LogP contribution in [0.25, 0.3) is 0 Å². The van der Waals surface area contributed by atoms with Gasteiger partial charge in [-0.3, -0.25) is 4.90 Å². The predicted molar refractivity (Wildman–Crippen MR) is 61.9 cm³/mol. The van der Waals surface area contributed by atoms with Crippen LogP contribution >= 0.6 is 0 Å². The van der Waals surface area contributed by atoms with Crippen molar-refractivity contribution in [3.05, 3.63) is 0 Å². The molecule has 0 bridgehead atoms. The van der Waals surface area contributed by atoms with Gasteiger partial charge in [0.1, 0.15) is 0 Å². The van der Waals surface area contributed by atoms with Gasteiger partial charge in [0.2, 0.25) is 0 Å². The molecule has 3 heteroatoms. The summed E-state index contributed by atoms with van der Waals surface area (Å²) in [5.74, 6) is 0.602. The van der Waals surface area contributed by atoms with E-state index in [1.54, 1.807) is 0 Å². The van der Waals surface area contributed by atoms with E-state index in [-0.39, 0.29) is 0 Å². The van der Waals surface area contributed by atoms with Crippen molar-refractivity contribution in [2.75, 3.05) is 26.2 Å². The Hall–Kier alpha value is -0.120. The SMILES string of the molecule is CC(CCO)CNC1CCN2CCCC12. The molecular formula is C12H24N2O. The molecule has 3 atom stereocenters. The fourth-order valence-corrected chi connectivity index (χ4v) is 3.00. The predicted octanol–water partition coefficient (Wildman–Crippen LogP) is 0.831. The first-order valence-corrected chi connectivity index (χ1v) is 6.39. The summed E-state index contributed by atoms with van der Waals surface area (Å²) < 4.78 is 0. The quantitative estimate of drug-likeness (QED) is 0.708. The minimum Gasteiger partial charge on any atom is -0.396 e. The second-order valence-corrected chi connectivity index (χ2v) is 5.17. The first kappa shape index (κ1) is 11.4. The Morgan fingerprint density at radius 1 is 1.40 bits per heavy atom. The fraction of sp³-hybridized carbons (Fsp3) is 1.00. The lowest BCUT2D eigenvalue weighted by Gasteiger charge is -2.23. The first-order valence-electron chi connectivity index (χ1n) is 6.39. The lowest BCUT2D eigenvalue weighted by molar-refractivity contribution is 0.252. The van der Waals surface area contributed by atoms with Crippen molar-refractivity contribution < 1.29 is 5.11 Å². The maximum atomic E-state index is 8.84. The summed E-state index contributed by atoms with van der Waals surface area (Å²) in [6.45, 7) is 6.20. The summed E-state index contributed by atoms with van der Waals surface area (Å²) in [6.07, 6.45) is 5.01. The smallest absolute Gasteiger partial charge is 0.0434 e. The molecule has 0 radical (unpaired) electrons. The average Bonchev–Trinajstić information content (AvgIpc) is 2.77. The number of rotatable bonds is 5. The molecule has 3 unspecified atom stereocenters. The maximum absolute atomic E-state index is 8.84. The molecule has 0 saturated carbocycles. The van der Waals surface area contributed by atoms with E-state index in [1.165, 1.54) is 32.4 Å². The summed E-state index contributed by atoms with van der Waals surface area (Å²) in [6, 6.07) is 1.53. The van der Waals surface area contributed by atoms with Crippen molar-refractivity contribution in [3.8, 4) is 0 Å². The largest absolute Gasteiger partial charge is 0.396 e. The van der Waals surface area contributed by atoms with E-state index in [0.29, 0.717) is 18.6 Å². The van der Waals surface area contributed by atoms with E-state index < -0.39 is 0 Å². The van der Waals surface area contributed by atoms with Crippen LogP contribution in [-0.2, 0) is 0 Å². The summed E-state index contributed by atoms with van der Waals surface area (Å²) in [5.41, 5.74) is 0. The summed E-state index contributed by atoms with van der Waals surface area (Å²) in [5, 5.41) is 12.5. The summed E-state index contributed by atoms with van der Waals surface area (Å²) in [7, 11) is 0. The van der Waals surface area contributed by atoms with E-state index >= 15 is 0 Å². The highest BCUT2D eigenvalue weighted by Gasteiger charge is 2.36. The highest BCUT2D eigenvalue weighted by Crippen LogP contribution is 2.27. The molecule has 2 heterocycles. The molecule has 0 aliphatic carbocycles. The van der Waals surface area contributed by atoms with Crippen molar-refractivity contribution in [2.45, 2.75) is 44.7 Å². The summed E-state index contributed by atoms with van der Waals surface area (Å²) in [4.78, 5) is 2.63. The van der Waals surface area contributed by atoms with Gasteiger partial charge in [-0.05, 0) is 44.7 Å². The van der Waals surface area contributed by atoms with Gasteiger partial charge in [-0.2, -0.15) is 0 Å². The molecule has 2 N–H and O–H groups in total. The molecule has 0 aromatic rings. The highest BCUT2D eigenvalue weighted by molar-refractivity contribution is 4.95. The molecule has 15 heavy (non-hydrogen) atoms. The van der Waals surface area contributed by atoms with Crippen LogP contribution in [0.1, 0.15) is 32.6 Å². The lowest BCUT2D eigenvalue weighted by atomic mass is 10.0. The molecule has 2 aliphatic rings. The third-order valence-electron chi connectivity index (χ3n) is 3.96. The number of hydrogen-bond donors (Lipinski definition) is 2. The van der Waals surface area contributed by atoms with Gasteiger partial charge in [0.15, 0.2) is 0 Å². The van der Waals surface area contributed by atoms with Crippen LogP contribution in [0.3, 0.4) is 0 Å². The average molecular weight is 212 g/mol. The van der Waals surface area contributed by atoms with Gasteiger partial charge < -0.3 is 10.4 Å². The Morgan fingerprint density at radius 2 is 2.27 bits per heavy atom. The number of nitrogens with one attached hydrogen (secondary N) is 1. The Morgan fingerprint density at radius 3 is 3.07 bits per heavy atom. The molecule has 3 nitrogen and oxygen atoms in total. The zero-order chi connectivity index (χ0) is 10.7. The normalized spacial score (nSPS) is 33.2. The molecular weight excluding hydrogens is 188 g/mol. The number of fused-ring (bicyclic) bond motifs is 1. The van der Waals surface area contributed by atoms with E-state index in [4.69, 9.17) is 5.11 Å². The van der Waals surface area contributed by atoms with Crippen molar-refractivity contribution in [3.63, 3.8) is 0 Å². The second-order valence-electron chi connectivity index (χ2n) is 5.17. The highest BCUT2D eigenvalue weighted by atomic mass is 16.3. The fourth-order valence-electron chi connectivity index (χ4n) is 3.00. The van der Waals surface area contributed by atoms with Gasteiger partial charge in [0, 0.05) is 25.2 Å². The van der Waals surface area contributed by atoms with Crippen LogP contribution in [0, 0.1) is 5.92 Å². The maximum Gasteiger partial charge on any atom is 0.0434 e. The van der Waals surface area contributed by atoms with Crippen molar-refractivity contribution in [1.82, 2.24) is 10.2 Å². The van der Waals surface area contributed by atoms with Crippen LogP contribution in [0.2, 0.25) is 0 Å². The van der Waals surface area contributed by atoms with Gasteiger partial charge in [0.25, 0.3) is 0 Å². The number of aliphatic hydroxyl groups excluding tert-OH is 1. The lowest BCUT2D eigenvalue weighted by Crippen LogP contribution is -2.41. The van der Waals surface area contributed by atoms with E-state index in [0.717, 1.165) is 19.0 Å². The number of hydrogen-bond acceptors (Lipinski definition) is 3. The molecule has 2 saturated heterocycles. The second kappa shape index (κ2) is 5.28. The Bertz CT molecular complexity index is 198. The van der Waals surface area contributed by atoms with Gasteiger partial charge in [-0.15, -0.1) is 0 Å². The van der Waals surface area contributed by atoms with Crippen molar-refractivity contribution in [2.24, 2.45) is 5.92 Å². The molecule has 0 amide bonds. The van der Waals surface area contributed by atoms with E-state index in [9.17, 15) is 0 Å². The molecule has 88 valence electrons. The van der Waals surface area contributed by atoms with E-state index in [1.807, 2.05) is 0 Å². The molecule has 0 aromatic carbocycles. The third-order valence-corrected chi connectivity index (χ3v) is 3.96. The van der Waals surface area contributed by atoms with Crippen LogP contribution in [0.4, 0.5) is 0 Å². The van der Waals surface area contributed by atoms with Crippen molar-refractivity contribution >= 4 is 0 Å². The topological polar surface area (TPSA) is 35.5 Å². The van der Waals surface area contributed by atoms with Crippen LogP contribution in [0.15, 0.2) is 0 Å². The number of nitrogens with zero attached hydrogens (tertiary/aromatic N) is 1. The zero-order valence-corrected chi connectivity index (χ0v) is 9.78. The Kier molecular flexibility index (Phi) is 4.00. The van der Waals surface area contributed by atoms with Crippen LogP contribution in [0.5, 0.6) is 0 Å². The minimum atomic E-state index is 0.322. The molecule has 2 rings (SSSR count). The van der Waals surface area contributed by atoms with Gasteiger partial charge in [-0.1, -0.05) is 6.92 Å². The standard InChI is InChI=1S/C12H24N2O/c1-10(5-8-15)9-13-11-4-7-14-6-2-3-12(11)14/h10-13,15H,2-9H2,1H3. The third kappa shape index (κ3) is 2.71. The molecule has 0 spiro atoms. The van der Waals surface area contributed by atoms with Crippen LogP contribution in [-0.4, -0.2) is 48.3 Å². The Balaban J connectivity index is 1.71. The monoisotopic (exact) mass is 212 g/mol.